The van der Waals surface area contributed by atoms with E-state index in [1.165, 1.54) is 7.11 Å². The number of hydrogen-bond acceptors (Lipinski definition) is 2. The normalized spacial score (nSPS) is 10.8. The number of benzene rings is 2. The maximum Gasteiger partial charge on any atom is 0.156 e. The smallest absolute Gasteiger partial charge is 0.156 e. The molecular weight excluding hydrogens is 269 g/mol. The number of para-hydroxylation sites is 1. The van der Waals surface area contributed by atoms with Gasteiger partial charge in [-0.2, -0.15) is 0 Å². The maximum absolute atomic E-state index is 6.05. The van der Waals surface area contributed by atoms with Gasteiger partial charge in [0.1, 0.15) is 0 Å². The van der Waals surface area contributed by atoms with Crippen molar-refractivity contribution in [3.8, 4) is 5.75 Å². The molecular formula is C14H11Cl2NO. The first-order valence-electron chi connectivity index (χ1n) is 5.33. The maximum atomic E-state index is 6.05. The summed E-state index contributed by atoms with van der Waals surface area (Å²) in [5.41, 5.74) is 1.70. The van der Waals surface area contributed by atoms with Gasteiger partial charge < -0.3 is 4.74 Å². The molecule has 2 nitrogen and oxygen atoms in total. The molecule has 0 N–H and O–H groups in total. The zero-order valence-electron chi connectivity index (χ0n) is 9.73. The number of hydrogen-bond donors (Lipinski definition) is 0. The third-order valence-corrected chi connectivity index (χ3v) is 2.91. The fourth-order valence-electron chi connectivity index (χ4n) is 1.51. The van der Waals surface area contributed by atoms with E-state index >= 15 is 0 Å². The second-order valence-corrected chi connectivity index (χ2v) is 4.43. The Bertz CT molecular complexity index is 544. The zero-order valence-corrected chi connectivity index (χ0v) is 11.2. The molecule has 18 heavy (non-hydrogen) atoms. The molecule has 0 fully saturated rings. The number of halogens is 2. The van der Waals surface area contributed by atoms with Crippen LogP contribution in [0.3, 0.4) is 0 Å². The SMILES string of the molecule is COc1c(Cl)cc(C=Nc2ccccc2)cc1Cl. The molecule has 0 heterocycles. The second-order valence-electron chi connectivity index (χ2n) is 3.61. The van der Waals surface area contributed by atoms with Gasteiger partial charge in [-0.25, -0.2) is 0 Å². The summed E-state index contributed by atoms with van der Waals surface area (Å²) >= 11 is 12.1. The van der Waals surface area contributed by atoms with E-state index in [9.17, 15) is 0 Å². The average Bonchev–Trinajstić information content (AvgIpc) is 2.37. The Morgan fingerprint density at radius 1 is 1.06 bits per heavy atom. The fraction of sp³-hybridized carbons (Fsp3) is 0.0714. The molecule has 0 aliphatic heterocycles. The topological polar surface area (TPSA) is 21.6 Å². The van der Waals surface area contributed by atoms with Crippen LogP contribution < -0.4 is 4.74 Å². The third-order valence-electron chi connectivity index (χ3n) is 2.34. The predicted molar refractivity (Wildman–Crippen MR) is 76.7 cm³/mol. The summed E-state index contributed by atoms with van der Waals surface area (Å²) in [7, 11) is 1.53. The summed E-state index contributed by atoms with van der Waals surface area (Å²) < 4.78 is 5.09. The van der Waals surface area contributed by atoms with Crippen molar-refractivity contribution >= 4 is 35.1 Å². The van der Waals surface area contributed by atoms with E-state index in [2.05, 4.69) is 4.99 Å². The molecule has 2 aromatic carbocycles. The van der Waals surface area contributed by atoms with Crippen molar-refractivity contribution in [2.75, 3.05) is 7.11 Å². The lowest BCUT2D eigenvalue weighted by molar-refractivity contribution is 0.415. The zero-order chi connectivity index (χ0) is 13.0. The van der Waals surface area contributed by atoms with Crippen LogP contribution >= 0.6 is 23.2 Å². The largest absolute Gasteiger partial charge is 0.494 e. The van der Waals surface area contributed by atoms with Gasteiger partial charge in [0.15, 0.2) is 5.75 Å². The highest BCUT2D eigenvalue weighted by Gasteiger charge is 2.07. The first kappa shape index (κ1) is 12.9. The Hall–Kier alpha value is -1.51. The number of ether oxygens (including phenoxy) is 1. The molecule has 4 heteroatoms. The molecule has 0 aliphatic rings. The van der Waals surface area contributed by atoms with E-state index in [1.54, 1.807) is 18.3 Å². The number of nitrogens with zero attached hydrogens (tertiary/aromatic N) is 1. The molecule has 0 amide bonds. The Balaban J connectivity index is 2.28. The molecule has 0 radical (unpaired) electrons. The van der Waals surface area contributed by atoms with Crippen LogP contribution in [0.25, 0.3) is 0 Å². The first-order chi connectivity index (χ1) is 8.70. The fourth-order valence-corrected chi connectivity index (χ4v) is 2.17. The first-order valence-corrected chi connectivity index (χ1v) is 6.08. The Morgan fingerprint density at radius 2 is 1.67 bits per heavy atom. The van der Waals surface area contributed by atoms with E-state index in [0.717, 1.165) is 11.3 Å². The summed E-state index contributed by atoms with van der Waals surface area (Å²) in [6.07, 6.45) is 1.71. The Morgan fingerprint density at radius 3 is 2.22 bits per heavy atom. The summed E-state index contributed by atoms with van der Waals surface area (Å²) in [6, 6.07) is 13.2. The van der Waals surface area contributed by atoms with Crippen LogP contribution in [0.1, 0.15) is 5.56 Å². The lowest BCUT2D eigenvalue weighted by Gasteiger charge is -2.06. The summed E-state index contributed by atoms with van der Waals surface area (Å²) in [6.45, 7) is 0. The molecule has 0 aliphatic carbocycles. The van der Waals surface area contributed by atoms with Gasteiger partial charge in [0, 0.05) is 6.21 Å². The molecule has 0 spiro atoms. The summed E-state index contributed by atoms with van der Waals surface area (Å²) in [5, 5.41) is 0.944. The van der Waals surface area contributed by atoms with Crippen LogP contribution in [0.15, 0.2) is 47.5 Å². The van der Waals surface area contributed by atoms with Crippen molar-refractivity contribution < 1.29 is 4.74 Å². The van der Waals surface area contributed by atoms with E-state index < -0.39 is 0 Å². The minimum atomic E-state index is 0.472. The van der Waals surface area contributed by atoms with Crippen molar-refractivity contribution in [1.82, 2.24) is 0 Å². The van der Waals surface area contributed by atoms with Gasteiger partial charge in [-0.15, -0.1) is 0 Å². The molecule has 0 atom stereocenters. The number of rotatable bonds is 3. The highest BCUT2D eigenvalue weighted by Crippen LogP contribution is 2.33. The van der Waals surface area contributed by atoms with Crippen molar-refractivity contribution in [3.63, 3.8) is 0 Å². The highest BCUT2D eigenvalue weighted by molar-refractivity contribution is 6.37. The third kappa shape index (κ3) is 3.03. The van der Waals surface area contributed by atoms with Crippen molar-refractivity contribution in [3.05, 3.63) is 58.1 Å². The van der Waals surface area contributed by atoms with Gasteiger partial charge >= 0.3 is 0 Å². The molecule has 0 aromatic heterocycles. The lowest BCUT2D eigenvalue weighted by atomic mass is 10.2. The molecule has 2 aromatic rings. The van der Waals surface area contributed by atoms with Crippen molar-refractivity contribution in [1.29, 1.82) is 0 Å². The van der Waals surface area contributed by atoms with Gasteiger partial charge in [-0.05, 0) is 29.8 Å². The number of methoxy groups -OCH3 is 1. The quantitative estimate of drug-likeness (QED) is 0.743. The average molecular weight is 280 g/mol. The van der Waals surface area contributed by atoms with E-state index in [-0.39, 0.29) is 0 Å². The van der Waals surface area contributed by atoms with Crippen LogP contribution in [0, 0.1) is 0 Å². The van der Waals surface area contributed by atoms with Crippen LogP contribution in [0.2, 0.25) is 10.0 Å². The second kappa shape index (κ2) is 5.89. The molecule has 0 saturated heterocycles. The van der Waals surface area contributed by atoms with Crippen molar-refractivity contribution in [2.45, 2.75) is 0 Å². The van der Waals surface area contributed by atoms with Crippen LogP contribution in [0.4, 0.5) is 5.69 Å². The van der Waals surface area contributed by atoms with Gasteiger partial charge in [0.2, 0.25) is 0 Å². The summed E-state index contributed by atoms with van der Waals surface area (Å²) in [5.74, 6) is 0.482. The molecule has 0 bridgehead atoms. The van der Waals surface area contributed by atoms with E-state index in [4.69, 9.17) is 27.9 Å². The molecule has 0 saturated carbocycles. The highest BCUT2D eigenvalue weighted by atomic mass is 35.5. The minimum absolute atomic E-state index is 0.472. The van der Waals surface area contributed by atoms with E-state index in [0.29, 0.717) is 15.8 Å². The number of aliphatic imine (C=N–C) groups is 1. The van der Waals surface area contributed by atoms with Crippen LogP contribution in [0.5, 0.6) is 5.75 Å². The van der Waals surface area contributed by atoms with Crippen molar-refractivity contribution in [2.24, 2.45) is 4.99 Å². The molecule has 0 unspecified atom stereocenters. The Kier molecular flexibility index (Phi) is 4.24. The Labute approximate surface area is 116 Å². The van der Waals surface area contributed by atoms with Crippen LogP contribution in [-0.2, 0) is 0 Å². The molecule has 92 valence electrons. The summed E-state index contributed by atoms with van der Waals surface area (Å²) in [4.78, 5) is 4.33. The van der Waals surface area contributed by atoms with Crippen LogP contribution in [-0.4, -0.2) is 13.3 Å². The van der Waals surface area contributed by atoms with Gasteiger partial charge in [0.25, 0.3) is 0 Å². The lowest BCUT2D eigenvalue weighted by Crippen LogP contribution is -1.88. The monoisotopic (exact) mass is 279 g/mol. The van der Waals surface area contributed by atoms with Gasteiger partial charge in [-0.1, -0.05) is 41.4 Å². The molecule has 2 rings (SSSR count). The van der Waals surface area contributed by atoms with Gasteiger partial charge in [-0.3, -0.25) is 4.99 Å². The predicted octanol–water partition coefficient (Wildman–Crippen LogP) is 4.75. The van der Waals surface area contributed by atoms with E-state index in [1.807, 2.05) is 30.3 Å². The van der Waals surface area contributed by atoms with Gasteiger partial charge in [0.05, 0.1) is 22.8 Å². The minimum Gasteiger partial charge on any atom is -0.494 e. The standard InChI is InChI=1S/C14H11Cl2NO/c1-18-14-12(15)7-10(8-13(14)16)9-17-11-5-3-2-4-6-11/h2-9H,1H3.